The monoisotopic (exact) mass is 294 g/mol. The largest absolute Gasteiger partial charge is 0.574 e. The quantitative estimate of drug-likeness (QED) is 0.820. The molecule has 1 rings (SSSR count). The van der Waals surface area contributed by atoms with Crippen molar-refractivity contribution in [2.24, 2.45) is 5.73 Å². The molecule has 1 aromatic rings. The van der Waals surface area contributed by atoms with Gasteiger partial charge in [-0.3, -0.25) is 4.79 Å². The molecule has 0 bridgehead atoms. The minimum atomic E-state index is -4.90. The lowest BCUT2D eigenvalue weighted by atomic mass is 10.1. The number of methoxy groups -OCH3 is 2. The molecule has 0 aliphatic heterocycles. The van der Waals surface area contributed by atoms with Crippen molar-refractivity contribution in [1.82, 2.24) is 4.98 Å². The van der Waals surface area contributed by atoms with Crippen molar-refractivity contribution in [2.75, 3.05) is 14.2 Å². The molecule has 1 heterocycles. The first-order chi connectivity index (χ1) is 9.32. The highest BCUT2D eigenvalue weighted by atomic mass is 19.4. The fraction of sp³-hybridized carbons (Fsp3) is 0.455. The zero-order valence-electron chi connectivity index (χ0n) is 10.8. The maximum Gasteiger partial charge on any atom is 0.574 e. The SMILES string of the molecule is COC(=O)Cc1cnc(OC(F)(F)F)c(CN)c1OC. The molecule has 0 aromatic carbocycles. The molecule has 0 unspecified atom stereocenters. The van der Waals surface area contributed by atoms with Gasteiger partial charge in [0.05, 0.1) is 26.2 Å². The Morgan fingerprint density at radius 1 is 1.40 bits per heavy atom. The summed E-state index contributed by atoms with van der Waals surface area (Å²) < 4.78 is 50.0. The van der Waals surface area contributed by atoms with E-state index in [4.69, 9.17) is 10.5 Å². The second kappa shape index (κ2) is 6.42. The highest BCUT2D eigenvalue weighted by molar-refractivity contribution is 5.73. The third-order valence-electron chi connectivity index (χ3n) is 2.34. The molecule has 0 atom stereocenters. The molecule has 0 radical (unpaired) electrons. The Bertz CT molecular complexity index is 491. The normalized spacial score (nSPS) is 11.1. The van der Waals surface area contributed by atoms with Gasteiger partial charge in [-0.15, -0.1) is 13.2 Å². The van der Waals surface area contributed by atoms with Crippen LogP contribution in [0.4, 0.5) is 13.2 Å². The molecule has 6 nitrogen and oxygen atoms in total. The highest BCUT2D eigenvalue weighted by Gasteiger charge is 2.34. The average molecular weight is 294 g/mol. The summed E-state index contributed by atoms with van der Waals surface area (Å²) in [5.41, 5.74) is 5.58. The van der Waals surface area contributed by atoms with Gasteiger partial charge in [-0.25, -0.2) is 4.98 Å². The van der Waals surface area contributed by atoms with E-state index < -0.39 is 18.2 Å². The molecule has 0 amide bonds. The van der Waals surface area contributed by atoms with Gasteiger partial charge >= 0.3 is 12.3 Å². The summed E-state index contributed by atoms with van der Waals surface area (Å²) >= 11 is 0. The Morgan fingerprint density at radius 3 is 2.50 bits per heavy atom. The molecule has 9 heteroatoms. The summed E-state index contributed by atoms with van der Waals surface area (Å²) in [6.45, 7) is -0.295. The summed E-state index contributed by atoms with van der Waals surface area (Å²) in [7, 11) is 2.43. The van der Waals surface area contributed by atoms with Crippen LogP contribution in [0.2, 0.25) is 0 Å². The summed E-state index contributed by atoms with van der Waals surface area (Å²) in [4.78, 5) is 14.7. The Morgan fingerprint density at radius 2 is 2.05 bits per heavy atom. The van der Waals surface area contributed by atoms with Crippen LogP contribution in [0.15, 0.2) is 6.20 Å². The molecule has 112 valence electrons. The van der Waals surface area contributed by atoms with Crippen molar-refractivity contribution in [1.29, 1.82) is 0 Å². The van der Waals surface area contributed by atoms with E-state index in [1.165, 1.54) is 14.2 Å². The number of rotatable bonds is 5. The average Bonchev–Trinajstić information content (AvgIpc) is 2.37. The van der Waals surface area contributed by atoms with Crippen LogP contribution in [0, 0.1) is 0 Å². The summed E-state index contributed by atoms with van der Waals surface area (Å²) in [5.74, 6) is -1.27. The van der Waals surface area contributed by atoms with Crippen LogP contribution < -0.4 is 15.2 Å². The van der Waals surface area contributed by atoms with E-state index in [0.29, 0.717) is 0 Å². The molecule has 0 saturated heterocycles. The van der Waals surface area contributed by atoms with Gasteiger partial charge in [0.2, 0.25) is 5.88 Å². The van der Waals surface area contributed by atoms with Crippen LogP contribution in [-0.2, 0) is 22.5 Å². The van der Waals surface area contributed by atoms with Crippen LogP contribution in [-0.4, -0.2) is 31.5 Å². The number of carbonyl (C=O) groups excluding carboxylic acids is 1. The summed E-state index contributed by atoms with van der Waals surface area (Å²) in [5, 5.41) is 0. The second-order valence-electron chi connectivity index (χ2n) is 3.61. The first kappa shape index (κ1) is 16.0. The van der Waals surface area contributed by atoms with Crippen molar-refractivity contribution in [2.45, 2.75) is 19.3 Å². The molecule has 1 aromatic heterocycles. The number of halogens is 3. The van der Waals surface area contributed by atoms with Crippen LogP contribution >= 0.6 is 0 Å². The number of esters is 1. The fourth-order valence-electron chi connectivity index (χ4n) is 1.55. The maximum atomic E-state index is 12.2. The van der Waals surface area contributed by atoms with Crippen molar-refractivity contribution in [3.63, 3.8) is 0 Å². The van der Waals surface area contributed by atoms with Crippen LogP contribution in [0.3, 0.4) is 0 Å². The van der Waals surface area contributed by atoms with Crippen molar-refractivity contribution in [3.05, 3.63) is 17.3 Å². The first-order valence-corrected chi connectivity index (χ1v) is 5.39. The molecule has 0 fully saturated rings. The van der Waals surface area contributed by atoms with Crippen molar-refractivity contribution in [3.8, 4) is 11.6 Å². The number of carbonyl (C=O) groups is 1. The summed E-state index contributed by atoms with van der Waals surface area (Å²) in [6, 6.07) is 0. The number of hydrogen-bond donors (Lipinski definition) is 1. The lowest BCUT2D eigenvalue weighted by Gasteiger charge is -2.16. The second-order valence-corrected chi connectivity index (χ2v) is 3.61. The lowest BCUT2D eigenvalue weighted by molar-refractivity contribution is -0.276. The van der Waals surface area contributed by atoms with Crippen LogP contribution in [0.1, 0.15) is 11.1 Å². The Balaban J connectivity index is 3.22. The predicted molar refractivity (Wildman–Crippen MR) is 61.1 cm³/mol. The molecular formula is C11H13F3N2O4. The Kier molecular flexibility index (Phi) is 5.14. The van der Waals surface area contributed by atoms with Gasteiger partial charge in [0, 0.05) is 18.3 Å². The molecular weight excluding hydrogens is 281 g/mol. The van der Waals surface area contributed by atoms with E-state index in [9.17, 15) is 18.0 Å². The number of nitrogens with two attached hydrogens (primary N) is 1. The minimum absolute atomic E-state index is 0.0205. The number of pyridine rings is 1. The Labute approximate surface area is 112 Å². The smallest absolute Gasteiger partial charge is 0.496 e. The van der Waals surface area contributed by atoms with E-state index in [2.05, 4.69) is 14.5 Å². The molecule has 0 spiro atoms. The number of hydrogen-bond acceptors (Lipinski definition) is 6. The van der Waals surface area contributed by atoms with E-state index in [-0.39, 0.29) is 29.8 Å². The standard InChI is InChI=1S/C11H13F3N2O4/c1-18-8(17)3-6-5-16-10(20-11(12,13)14)7(4-15)9(6)19-2/h5H,3-4,15H2,1-2H3. The number of nitrogens with zero attached hydrogens (tertiary/aromatic N) is 1. The minimum Gasteiger partial charge on any atom is -0.496 e. The van der Waals surface area contributed by atoms with Gasteiger partial charge in [-0.05, 0) is 0 Å². The number of alkyl halides is 3. The van der Waals surface area contributed by atoms with Crippen LogP contribution in [0.5, 0.6) is 11.6 Å². The van der Waals surface area contributed by atoms with E-state index in [0.717, 1.165) is 6.20 Å². The molecule has 20 heavy (non-hydrogen) atoms. The molecule has 0 saturated carbocycles. The lowest BCUT2D eigenvalue weighted by Crippen LogP contribution is -2.20. The number of ether oxygens (including phenoxy) is 3. The fourth-order valence-corrected chi connectivity index (χ4v) is 1.55. The summed E-state index contributed by atoms with van der Waals surface area (Å²) in [6.07, 6.45) is -4.05. The van der Waals surface area contributed by atoms with Gasteiger partial charge in [-0.1, -0.05) is 0 Å². The van der Waals surface area contributed by atoms with Gasteiger partial charge in [0.25, 0.3) is 0 Å². The number of aromatic nitrogens is 1. The molecule has 0 aliphatic rings. The van der Waals surface area contributed by atoms with Crippen LogP contribution in [0.25, 0.3) is 0 Å². The van der Waals surface area contributed by atoms with Gasteiger partial charge < -0.3 is 19.9 Å². The Hall–Kier alpha value is -2.03. The zero-order valence-corrected chi connectivity index (χ0v) is 10.8. The van der Waals surface area contributed by atoms with E-state index >= 15 is 0 Å². The van der Waals surface area contributed by atoms with Gasteiger partial charge in [-0.2, -0.15) is 0 Å². The van der Waals surface area contributed by atoms with E-state index in [1.807, 2.05) is 0 Å². The predicted octanol–water partition coefficient (Wildman–Crippen LogP) is 1.16. The molecule has 2 N–H and O–H groups in total. The third-order valence-corrected chi connectivity index (χ3v) is 2.34. The van der Waals surface area contributed by atoms with E-state index in [1.54, 1.807) is 0 Å². The third kappa shape index (κ3) is 3.98. The topological polar surface area (TPSA) is 83.7 Å². The van der Waals surface area contributed by atoms with Crippen molar-refractivity contribution >= 4 is 5.97 Å². The maximum absolute atomic E-state index is 12.2. The first-order valence-electron chi connectivity index (χ1n) is 5.39. The molecule has 0 aliphatic carbocycles. The van der Waals surface area contributed by atoms with Crippen molar-refractivity contribution < 1.29 is 32.2 Å². The van der Waals surface area contributed by atoms with Gasteiger partial charge in [0.15, 0.2) is 0 Å². The highest BCUT2D eigenvalue weighted by Crippen LogP contribution is 2.33. The van der Waals surface area contributed by atoms with Gasteiger partial charge in [0.1, 0.15) is 5.75 Å². The zero-order chi connectivity index (χ0) is 15.3.